The van der Waals surface area contributed by atoms with Crippen molar-refractivity contribution in [1.29, 1.82) is 0 Å². The van der Waals surface area contributed by atoms with Crippen LogP contribution in [0, 0.1) is 0 Å². The minimum atomic E-state index is -0.929. The molecule has 0 saturated carbocycles. The maximum absolute atomic E-state index is 11.4. The fourth-order valence-corrected chi connectivity index (χ4v) is 1.13. The Bertz CT molecular complexity index is 298. The Kier molecular flexibility index (Phi) is 3.57. The lowest BCUT2D eigenvalue weighted by Gasteiger charge is -2.12. The number of hydrogen-bond acceptors (Lipinski definition) is 7. The molecule has 0 atom stereocenters. The van der Waals surface area contributed by atoms with E-state index in [2.05, 4.69) is 53.3 Å². The molecular weight excluding hydrogens is 226 g/mol. The average Bonchev–Trinajstić information content (AvgIpc) is 2.03. The third-order valence-corrected chi connectivity index (χ3v) is 1.66. The molecule has 7 heteroatoms. The number of carbonyl (C=O) groups excluding carboxylic acids is 1. The molecule has 0 amide bonds. The molecule has 4 nitrogen and oxygen atoms in total. The van der Waals surface area contributed by atoms with Crippen molar-refractivity contribution in [1.82, 2.24) is 15.4 Å². The highest BCUT2D eigenvalue weighted by molar-refractivity contribution is 8.17. The normalized spacial score (nSPS) is 11.3. The number of nitrogens with zero attached hydrogens (tertiary/aromatic N) is 3. The largest absolute Gasteiger partial charge is 0.292 e. The molecular formula is C6H7N3OS3. The molecule has 1 heterocycles. The quantitative estimate of drug-likeness (QED) is 0.412. The van der Waals surface area contributed by atoms with Gasteiger partial charge < -0.3 is 0 Å². The summed E-state index contributed by atoms with van der Waals surface area (Å²) in [4.78, 5) is 11.4. The molecule has 0 aliphatic heterocycles. The van der Waals surface area contributed by atoms with Gasteiger partial charge in [0.2, 0.25) is 0 Å². The Hall–Kier alpha value is -0.270. The first-order chi connectivity index (χ1) is 5.99. The van der Waals surface area contributed by atoms with E-state index in [9.17, 15) is 4.79 Å². The summed E-state index contributed by atoms with van der Waals surface area (Å²) in [5.41, 5.74) is 0.247. The molecule has 0 fully saturated rings. The number of Topliss-reactive ketones (excluding diaryl/α,β-unsaturated/α-hetero) is 1. The van der Waals surface area contributed by atoms with Gasteiger partial charge in [-0.2, -0.15) is 37.9 Å². The Morgan fingerprint density at radius 2 is 2.15 bits per heavy atom. The summed E-state index contributed by atoms with van der Waals surface area (Å²) in [6.45, 7) is 0. The van der Waals surface area contributed by atoms with Crippen LogP contribution in [0.25, 0.3) is 0 Å². The van der Waals surface area contributed by atoms with Crippen LogP contribution < -0.4 is 0 Å². The molecule has 70 valence electrons. The summed E-state index contributed by atoms with van der Waals surface area (Å²) < 4.78 is -0.929. The van der Waals surface area contributed by atoms with Crippen molar-refractivity contribution in [2.75, 3.05) is 0 Å². The van der Waals surface area contributed by atoms with Crippen LogP contribution in [0.5, 0.6) is 0 Å². The lowest BCUT2D eigenvalue weighted by molar-refractivity contribution is 0.0980. The van der Waals surface area contributed by atoms with Gasteiger partial charge in [0.15, 0.2) is 5.78 Å². The van der Waals surface area contributed by atoms with Gasteiger partial charge in [0.05, 0.1) is 6.20 Å². The van der Waals surface area contributed by atoms with Gasteiger partial charge in [-0.05, 0) is 11.3 Å². The second-order valence-electron chi connectivity index (χ2n) is 2.38. The number of thiol groups is 3. The number of ketones is 1. The highest BCUT2D eigenvalue weighted by atomic mass is 32.2. The number of rotatable bonds is 3. The van der Waals surface area contributed by atoms with Crippen molar-refractivity contribution in [3.05, 3.63) is 18.0 Å². The van der Waals surface area contributed by atoms with Crippen molar-refractivity contribution in [2.45, 2.75) is 9.83 Å². The zero-order valence-electron chi connectivity index (χ0n) is 6.45. The first kappa shape index (κ1) is 10.8. The summed E-state index contributed by atoms with van der Waals surface area (Å²) in [6, 6.07) is 1.48. The summed E-state index contributed by atoms with van der Waals surface area (Å²) in [6.07, 6.45) is 1.47. The van der Waals surface area contributed by atoms with Crippen LogP contribution in [-0.4, -0.2) is 24.6 Å². The predicted octanol–water partition coefficient (Wildman–Crippen LogP) is 0.888. The fraction of sp³-hybridized carbons (Fsp3) is 0.333. The van der Waals surface area contributed by atoms with Crippen molar-refractivity contribution in [2.24, 2.45) is 0 Å². The van der Waals surface area contributed by atoms with E-state index in [4.69, 9.17) is 0 Å². The Morgan fingerprint density at radius 3 is 2.62 bits per heavy atom. The third kappa shape index (κ3) is 3.97. The molecule has 0 aliphatic rings. The van der Waals surface area contributed by atoms with E-state index in [1.54, 1.807) is 0 Å². The van der Waals surface area contributed by atoms with Gasteiger partial charge in [-0.1, -0.05) is 0 Å². The molecule has 13 heavy (non-hydrogen) atoms. The van der Waals surface area contributed by atoms with E-state index < -0.39 is 3.41 Å². The van der Waals surface area contributed by atoms with Crippen molar-refractivity contribution < 1.29 is 4.79 Å². The van der Waals surface area contributed by atoms with Gasteiger partial charge >= 0.3 is 0 Å². The van der Waals surface area contributed by atoms with Crippen LogP contribution in [0.4, 0.5) is 0 Å². The van der Waals surface area contributed by atoms with Crippen LogP contribution in [0.15, 0.2) is 12.3 Å². The number of hydrogen-bond donors (Lipinski definition) is 3. The highest BCUT2D eigenvalue weighted by Crippen LogP contribution is 2.29. The van der Waals surface area contributed by atoms with Gasteiger partial charge in [0.25, 0.3) is 0 Å². The molecule has 0 saturated heterocycles. The molecule has 1 aromatic rings. The minimum Gasteiger partial charge on any atom is -0.292 e. The number of carbonyl (C=O) groups is 1. The Balaban J connectivity index is 2.71. The molecule has 0 bridgehead atoms. The number of aromatic nitrogens is 3. The van der Waals surface area contributed by atoms with Crippen LogP contribution in [0.2, 0.25) is 0 Å². The molecule has 0 radical (unpaired) electrons. The van der Waals surface area contributed by atoms with Crippen molar-refractivity contribution in [3.63, 3.8) is 0 Å². The second-order valence-corrected chi connectivity index (χ2v) is 5.73. The standard InChI is InChI=1S/C6H7N3OS3/c10-5(3-6(11,12)13)4-1-2-7-9-8-4/h1-2,11-13H,3H2. The van der Waals surface area contributed by atoms with E-state index in [1.807, 2.05) is 0 Å². The molecule has 1 rings (SSSR count). The summed E-state index contributed by atoms with van der Waals surface area (Å²) in [5, 5.41) is 10.3. The molecule has 0 aromatic carbocycles. The first-order valence-electron chi connectivity index (χ1n) is 3.34. The fourth-order valence-electron chi connectivity index (χ4n) is 0.696. The van der Waals surface area contributed by atoms with E-state index in [1.165, 1.54) is 12.3 Å². The maximum Gasteiger partial charge on any atom is 0.186 e. The second kappa shape index (κ2) is 4.30. The summed E-state index contributed by atoms with van der Waals surface area (Å²) >= 11 is 12.0. The van der Waals surface area contributed by atoms with E-state index in [0.717, 1.165) is 0 Å². The van der Waals surface area contributed by atoms with Crippen LogP contribution in [-0.2, 0) is 0 Å². The van der Waals surface area contributed by atoms with E-state index >= 15 is 0 Å². The first-order valence-corrected chi connectivity index (χ1v) is 4.68. The van der Waals surface area contributed by atoms with Gasteiger partial charge in [0.1, 0.15) is 9.11 Å². The predicted molar refractivity (Wildman–Crippen MR) is 58.5 cm³/mol. The smallest absolute Gasteiger partial charge is 0.186 e. The van der Waals surface area contributed by atoms with Crippen LogP contribution in [0.1, 0.15) is 16.9 Å². The Morgan fingerprint density at radius 1 is 1.46 bits per heavy atom. The average molecular weight is 233 g/mol. The summed E-state index contributed by atoms with van der Waals surface area (Å²) in [7, 11) is 0. The lowest BCUT2D eigenvalue weighted by atomic mass is 10.2. The molecule has 0 spiro atoms. The van der Waals surface area contributed by atoms with Gasteiger partial charge in [-0.3, -0.25) is 4.79 Å². The zero-order chi connectivity index (χ0) is 9.90. The molecule has 0 N–H and O–H groups in total. The van der Waals surface area contributed by atoms with Crippen LogP contribution >= 0.6 is 37.9 Å². The van der Waals surface area contributed by atoms with Gasteiger partial charge in [-0.15, -0.1) is 10.2 Å². The van der Waals surface area contributed by atoms with Crippen LogP contribution in [0.3, 0.4) is 0 Å². The van der Waals surface area contributed by atoms with Crippen molar-refractivity contribution >= 4 is 43.7 Å². The van der Waals surface area contributed by atoms with Crippen molar-refractivity contribution in [3.8, 4) is 0 Å². The lowest BCUT2D eigenvalue weighted by Crippen LogP contribution is -2.13. The maximum atomic E-state index is 11.4. The minimum absolute atomic E-state index is 0.0705. The molecule has 0 unspecified atom stereocenters. The topological polar surface area (TPSA) is 55.7 Å². The molecule has 0 aliphatic carbocycles. The third-order valence-electron chi connectivity index (χ3n) is 1.19. The van der Waals surface area contributed by atoms with Gasteiger partial charge in [0, 0.05) is 6.42 Å². The van der Waals surface area contributed by atoms with E-state index in [-0.39, 0.29) is 17.9 Å². The van der Waals surface area contributed by atoms with Gasteiger partial charge in [-0.25, -0.2) is 0 Å². The SMILES string of the molecule is O=C(CC(S)(S)S)c1ccnnn1. The summed E-state index contributed by atoms with van der Waals surface area (Å²) in [5.74, 6) is -0.213. The highest BCUT2D eigenvalue weighted by Gasteiger charge is 2.21. The monoisotopic (exact) mass is 233 g/mol. The molecule has 1 aromatic heterocycles. The Labute approximate surface area is 91.7 Å². The van der Waals surface area contributed by atoms with E-state index in [0.29, 0.717) is 0 Å². The zero-order valence-corrected chi connectivity index (χ0v) is 9.14.